The Labute approximate surface area is 166 Å². The van der Waals surface area contributed by atoms with Crippen molar-refractivity contribution < 1.29 is 4.74 Å². The second kappa shape index (κ2) is 10.8. The minimum Gasteiger partial charge on any atom is -0.496 e. The van der Waals surface area contributed by atoms with Crippen LogP contribution < -0.4 is 20.3 Å². The Hall–Kier alpha value is -2.03. The summed E-state index contributed by atoms with van der Waals surface area (Å²) in [5.74, 6) is 2.54. The van der Waals surface area contributed by atoms with Crippen molar-refractivity contribution in [3.05, 3.63) is 53.7 Å². The molecule has 1 aromatic carbocycles. The molecule has 0 aliphatic carbocycles. The van der Waals surface area contributed by atoms with Crippen LogP contribution in [0, 0.1) is 0 Å². The number of guanidine groups is 1. The molecule has 1 heterocycles. The highest BCUT2D eigenvalue weighted by atomic mass is 127. The van der Waals surface area contributed by atoms with Crippen LogP contribution >= 0.6 is 24.0 Å². The van der Waals surface area contributed by atoms with Crippen LogP contribution in [0.2, 0.25) is 0 Å². The van der Waals surface area contributed by atoms with Gasteiger partial charge in [0.25, 0.3) is 0 Å². The van der Waals surface area contributed by atoms with Gasteiger partial charge in [0.05, 0.1) is 7.11 Å². The Bertz CT molecular complexity index is 691. The molecule has 0 spiro atoms. The molecule has 0 unspecified atom stereocenters. The molecule has 2 aromatic rings. The Morgan fingerprint density at radius 2 is 1.88 bits per heavy atom. The first-order valence-electron chi connectivity index (χ1n) is 7.82. The molecule has 0 aliphatic rings. The summed E-state index contributed by atoms with van der Waals surface area (Å²) in [4.78, 5) is 10.6. The number of aliphatic imine (C=N–C) groups is 1. The summed E-state index contributed by atoms with van der Waals surface area (Å²) >= 11 is 0. The summed E-state index contributed by atoms with van der Waals surface area (Å²) in [6.07, 6.45) is 1.82. The molecule has 0 amide bonds. The van der Waals surface area contributed by atoms with Gasteiger partial charge in [0.15, 0.2) is 5.96 Å². The third-order valence-electron chi connectivity index (χ3n) is 3.59. The van der Waals surface area contributed by atoms with E-state index in [2.05, 4.69) is 26.7 Å². The molecular weight excluding hydrogens is 429 g/mol. The monoisotopic (exact) mass is 455 g/mol. The maximum atomic E-state index is 5.36. The maximum Gasteiger partial charge on any atom is 0.191 e. The third-order valence-corrected chi connectivity index (χ3v) is 3.59. The van der Waals surface area contributed by atoms with Crippen LogP contribution in [0.3, 0.4) is 0 Å². The van der Waals surface area contributed by atoms with E-state index in [1.54, 1.807) is 14.2 Å². The van der Waals surface area contributed by atoms with Crippen LogP contribution in [0.15, 0.2) is 47.6 Å². The number of aromatic nitrogens is 1. The number of ether oxygens (including phenoxy) is 1. The zero-order valence-corrected chi connectivity index (χ0v) is 17.4. The first kappa shape index (κ1) is 21.0. The minimum atomic E-state index is 0. The number of nitrogens with zero attached hydrogens (tertiary/aromatic N) is 3. The zero-order chi connectivity index (χ0) is 17.4. The molecule has 0 saturated heterocycles. The third kappa shape index (κ3) is 6.41. The molecule has 0 fully saturated rings. The van der Waals surface area contributed by atoms with Crippen molar-refractivity contribution in [3.63, 3.8) is 0 Å². The summed E-state index contributed by atoms with van der Waals surface area (Å²) in [6, 6.07) is 12.0. The number of anilines is 1. The highest BCUT2D eigenvalue weighted by Crippen LogP contribution is 2.16. The summed E-state index contributed by atoms with van der Waals surface area (Å²) < 4.78 is 5.36. The molecule has 0 atom stereocenters. The minimum absolute atomic E-state index is 0. The molecule has 6 nitrogen and oxygen atoms in total. The highest BCUT2D eigenvalue weighted by molar-refractivity contribution is 14.0. The van der Waals surface area contributed by atoms with Crippen LogP contribution in [-0.2, 0) is 13.1 Å². The molecule has 2 rings (SSSR count). The molecule has 0 saturated carbocycles. The lowest BCUT2D eigenvalue weighted by Crippen LogP contribution is -2.36. The maximum absolute atomic E-state index is 5.36. The lowest BCUT2D eigenvalue weighted by Gasteiger charge is -2.15. The van der Waals surface area contributed by atoms with Gasteiger partial charge in [-0.3, -0.25) is 4.99 Å². The van der Waals surface area contributed by atoms with Crippen LogP contribution in [-0.4, -0.2) is 39.2 Å². The Kier molecular flexibility index (Phi) is 9.04. The Balaban J connectivity index is 0.00000312. The Morgan fingerprint density at radius 1 is 1.16 bits per heavy atom. The molecular formula is C18H26IN5O. The van der Waals surface area contributed by atoms with Crippen molar-refractivity contribution >= 4 is 35.8 Å². The molecule has 25 heavy (non-hydrogen) atoms. The van der Waals surface area contributed by atoms with Crippen molar-refractivity contribution in [2.75, 3.05) is 33.2 Å². The summed E-state index contributed by atoms with van der Waals surface area (Å²) in [5, 5.41) is 6.61. The molecule has 1 aromatic heterocycles. The van der Waals surface area contributed by atoms with Crippen LogP contribution in [0.25, 0.3) is 0 Å². The van der Waals surface area contributed by atoms with E-state index < -0.39 is 0 Å². The molecule has 7 heteroatoms. The van der Waals surface area contributed by atoms with Gasteiger partial charge >= 0.3 is 0 Å². The second-order valence-corrected chi connectivity index (χ2v) is 5.51. The van der Waals surface area contributed by atoms with E-state index >= 15 is 0 Å². The lowest BCUT2D eigenvalue weighted by molar-refractivity contribution is 0.409. The van der Waals surface area contributed by atoms with Crippen molar-refractivity contribution in [2.45, 2.75) is 13.1 Å². The number of benzene rings is 1. The Morgan fingerprint density at radius 3 is 2.56 bits per heavy atom. The number of methoxy groups -OCH3 is 1. The smallest absolute Gasteiger partial charge is 0.191 e. The van der Waals surface area contributed by atoms with Crippen LogP contribution in [0.1, 0.15) is 11.1 Å². The average molecular weight is 455 g/mol. The lowest BCUT2D eigenvalue weighted by atomic mass is 10.2. The van der Waals surface area contributed by atoms with Gasteiger partial charge in [-0.05, 0) is 23.8 Å². The fourth-order valence-electron chi connectivity index (χ4n) is 2.25. The fraction of sp³-hybridized carbons (Fsp3) is 0.333. The first-order chi connectivity index (χ1) is 11.6. The molecule has 0 bridgehead atoms. The van der Waals surface area contributed by atoms with E-state index in [4.69, 9.17) is 4.74 Å². The molecule has 2 N–H and O–H groups in total. The van der Waals surface area contributed by atoms with E-state index in [-0.39, 0.29) is 24.0 Å². The quantitative estimate of drug-likeness (QED) is 0.399. The number of para-hydroxylation sites is 1. The number of nitrogens with one attached hydrogen (secondary N) is 2. The average Bonchev–Trinajstić information content (AvgIpc) is 2.62. The van der Waals surface area contributed by atoms with Gasteiger partial charge in [-0.15, -0.1) is 24.0 Å². The molecule has 0 aliphatic heterocycles. The van der Waals surface area contributed by atoms with E-state index in [0.717, 1.165) is 28.7 Å². The van der Waals surface area contributed by atoms with Crippen molar-refractivity contribution in [2.24, 2.45) is 4.99 Å². The first-order valence-corrected chi connectivity index (χ1v) is 7.82. The van der Waals surface area contributed by atoms with Crippen molar-refractivity contribution in [1.82, 2.24) is 15.6 Å². The van der Waals surface area contributed by atoms with Gasteiger partial charge in [0.1, 0.15) is 11.6 Å². The fourth-order valence-corrected chi connectivity index (χ4v) is 2.25. The van der Waals surface area contributed by atoms with Crippen LogP contribution in [0.5, 0.6) is 5.75 Å². The van der Waals surface area contributed by atoms with Gasteiger partial charge in [0.2, 0.25) is 0 Å². The predicted molar refractivity (Wildman–Crippen MR) is 114 cm³/mol. The number of hydrogen-bond acceptors (Lipinski definition) is 4. The highest BCUT2D eigenvalue weighted by Gasteiger charge is 2.04. The summed E-state index contributed by atoms with van der Waals surface area (Å²) in [7, 11) is 7.40. The predicted octanol–water partition coefficient (Wildman–Crippen LogP) is 2.64. The van der Waals surface area contributed by atoms with E-state index in [9.17, 15) is 0 Å². The van der Waals surface area contributed by atoms with Gasteiger partial charge in [-0.25, -0.2) is 4.98 Å². The number of hydrogen-bond donors (Lipinski definition) is 2. The van der Waals surface area contributed by atoms with Gasteiger partial charge in [-0.1, -0.05) is 18.2 Å². The molecule has 136 valence electrons. The summed E-state index contributed by atoms with van der Waals surface area (Å²) in [5.41, 5.74) is 2.23. The van der Waals surface area contributed by atoms with Gasteiger partial charge < -0.3 is 20.3 Å². The normalized spacial score (nSPS) is 10.6. The van der Waals surface area contributed by atoms with E-state index in [1.807, 2.05) is 55.5 Å². The van der Waals surface area contributed by atoms with E-state index in [1.165, 1.54) is 0 Å². The van der Waals surface area contributed by atoms with E-state index in [0.29, 0.717) is 13.1 Å². The topological polar surface area (TPSA) is 61.8 Å². The molecule has 0 radical (unpaired) electrons. The number of pyridine rings is 1. The summed E-state index contributed by atoms with van der Waals surface area (Å²) in [6.45, 7) is 1.32. The van der Waals surface area contributed by atoms with Gasteiger partial charge in [0, 0.05) is 46.0 Å². The standard InChI is InChI=1S/C18H25N5O.HI/c1-19-18(22-13-15-7-5-6-8-16(15)24-4)21-12-14-9-10-20-17(11-14)23(2)3;/h5-11H,12-13H2,1-4H3,(H2,19,21,22);1H. The second-order valence-electron chi connectivity index (χ2n) is 5.51. The van der Waals surface area contributed by atoms with Gasteiger partial charge in [-0.2, -0.15) is 0 Å². The SMILES string of the molecule is CN=C(NCc1ccnc(N(C)C)c1)NCc1ccccc1OC.I. The number of halogens is 1. The van der Waals surface area contributed by atoms with Crippen molar-refractivity contribution in [1.29, 1.82) is 0 Å². The van der Waals surface area contributed by atoms with Crippen molar-refractivity contribution in [3.8, 4) is 5.75 Å². The largest absolute Gasteiger partial charge is 0.496 e. The zero-order valence-electron chi connectivity index (χ0n) is 15.1. The number of rotatable bonds is 6. The van der Waals surface area contributed by atoms with Crippen LogP contribution in [0.4, 0.5) is 5.82 Å².